The molecule has 0 aromatic rings. The van der Waals surface area contributed by atoms with Gasteiger partial charge >= 0.3 is 39.5 Å². The first kappa shape index (κ1) is 104. The number of aliphatic hydroxyl groups is 1. The predicted molar refractivity (Wildman–Crippen MR) is 437 cm³/mol. The van der Waals surface area contributed by atoms with Crippen molar-refractivity contribution in [2.45, 2.75) is 478 Å². The first-order valence-corrected chi connectivity index (χ1v) is 47.9. The molecule has 0 heterocycles. The molecule has 6 atom stereocenters. The zero-order valence-corrected chi connectivity index (χ0v) is 71.7. The molecule has 0 aliphatic heterocycles. The van der Waals surface area contributed by atoms with Gasteiger partial charge in [-0.25, -0.2) is 9.13 Å². The lowest BCUT2D eigenvalue weighted by Crippen LogP contribution is -2.30. The fraction of sp³-hybridized carbons (Fsp3) is 0.954. The van der Waals surface area contributed by atoms with E-state index >= 15 is 0 Å². The molecule has 0 rings (SSSR count). The molecule has 3 N–H and O–H groups in total. The normalized spacial score (nSPS) is 14.1. The molecule has 0 radical (unpaired) electrons. The van der Waals surface area contributed by atoms with Crippen LogP contribution in [-0.4, -0.2) is 96.7 Å². The Morgan fingerprint density at radius 2 is 0.481 bits per heavy atom. The number of ether oxygens (including phenoxy) is 4. The smallest absolute Gasteiger partial charge is 0.462 e. The van der Waals surface area contributed by atoms with E-state index < -0.39 is 97.5 Å². The number of phosphoric ester groups is 2. The average Bonchev–Trinajstić information content (AvgIpc) is 0.892. The quantitative estimate of drug-likeness (QED) is 0.0222. The monoisotopic (exact) mass is 1550 g/mol. The van der Waals surface area contributed by atoms with E-state index in [9.17, 15) is 43.2 Å². The number of hydrogen-bond donors (Lipinski definition) is 3. The molecule has 3 unspecified atom stereocenters. The first-order valence-electron chi connectivity index (χ1n) is 44.9. The van der Waals surface area contributed by atoms with Crippen molar-refractivity contribution in [3.05, 3.63) is 0 Å². The molecule has 0 aliphatic rings. The number of unbranched alkanes of at least 4 members (excludes halogenated alkanes) is 52. The summed E-state index contributed by atoms with van der Waals surface area (Å²) in [6, 6.07) is 0. The third-order valence-electron chi connectivity index (χ3n) is 20.7. The third kappa shape index (κ3) is 78.7. The highest BCUT2D eigenvalue weighted by atomic mass is 31.2. The van der Waals surface area contributed by atoms with E-state index in [1.807, 2.05) is 0 Å². The first-order chi connectivity index (χ1) is 51.3. The van der Waals surface area contributed by atoms with Crippen LogP contribution in [0.3, 0.4) is 0 Å². The summed E-state index contributed by atoms with van der Waals surface area (Å²) >= 11 is 0. The van der Waals surface area contributed by atoms with Gasteiger partial charge < -0.3 is 33.8 Å². The van der Waals surface area contributed by atoms with Crippen molar-refractivity contribution in [3.8, 4) is 0 Å². The number of carbonyl (C=O) groups is 4. The Morgan fingerprint density at radius 3 is 0.717 bits per heavy atom. The lowest BCUT2D eigenvalue weighted by Gasteiger charge is -2.21. The summed E-state index contributed by atoms with van der Waals surface area (Å²) in [5, 5.41) is 10.7. The maximum absolute atomic E-state index is 13.2. The van der Waals surface area contributed by atoms with Crippen molar-refractivity contribution < 1.29 is 80.2 Å². The van der Waals surface area contributed by atoms with Crippen LogP contribution in [0.25, 0.3) is 0 Å². The Kier molecular flexibility index (Phi) is 75.6. The molecule has 0 fully saturated rings. The van der Waals surface area contributed by atoms with Crippen molar-refractivity contribution >= 4 is 39.5 Å². The highest BCUT2D eigenvalue weighted by Gasteiger charge is 2.31. The molecule has 0 spiro atoms. The van der Waals surface area contributed by atoms with Crippen LogP contribution in [-0.2, 0) is 65.4 Å². The van der Waals surface area contributed by atoms with E-state index in [4.69, 9.17) is 37.0 Å². The van der Waals surface area contributed by atoms with Gasteiger partial charge in [-0.15, -0.1) is 0 Å². The number of esters is 4. The van der Waals surface area contributed by atoms with Crippen molar-refractivity contribution in [1.82, 2.24) is 0 Å². The SMILES string of the molecule is CCCCCCCCCCCCCCC(=O)O[C@H](COC(=O)CCCCCCCCCCC(C)C)COP(=O)(O)OC[C@H](O)COP(=O)(O)OC[C@@H](COC(=O)CCCCCCCCCCCCCCCCCCCCC(C)C)OC(=O)CCCCCCCCCCCCCCCCCCCCC(C)CC. The molecule has 17 nitrogen and oxygen atoms in total. The average molecular weight is 1550 g/mol. The Labute approximate surface area is 651 Å². The lowest BCUT2D eigenvalue weighted by molar-refractivity contribution is -0.161. The molecule has 19 heteroatoms. The molecular weight excluding hydrogens is 1380 g/mol. The van der Waals surface area contributed by atoms with Crippen LogP contribution in [0.5, 0.6) is 0 Å². The van der Waals surface area contributed by atoms with E-state index in [-0.39, 0.29) is 25.7 Å². The molecule has 106 heavy (non-hydrogen) atoms. The van der Waals surface area contributed by atoms with Crippen LogP contribution < -0.4 is 0 Å². The maximum atomic E-state index is 13.2. The summed E-state index contributed by atoms with van der Waals surface area (Å²) in [6.45, 7) is 12.0. The van der Waals surface area contributed by atoms with Crippen LogP contribution >= 0.6 is 15.6 Å². The third-order valence-corrected chi connectivity index (χ3v) is 22.6. The van der Waals surface area contributed by atoms with E-state index in [1.54, 1.807) is 0 Å². The highest BCUT2D eigenvalue weighted by Crippen LogP contribution is 2.45. The van der Waals surface area contributed by atoms with Crippen molar-refractivity contribution in [2.75, 3.05) is 39.6 Å². The lowest BCUT2D eigenvalue weighted by atomic mass is 9.99. The summed E-state index contributed by atoms with van der Waals surface area (Å²) in [7, 11) is -9.93. The fourth-order valence-corrected chi connectivity index (χ4v) is 15.1. The van der Waals surface area contributed by atoms with Crippen LogP contribution in [0.2, 0.25) is 0 Å². The van der Waals surface area contributed by atoms with E-state index in [0.29, 0.717) is 25.7 Å². The summed E-state index contributed by atoms with van der Waals surface area (Å²) in [5.41, 5.74) is 0. The van der Waals surface area contributed by atoms with Crippen LogP contribution in [0.1, 0.15) is 459 Å². The van der Waals surface area contributed by atoms with Gasteiger partial charge in [0.15, 0.2) is 12.2 Å². The Bertz CT molecular complexity index is 2050. The second kappa shape index (κ2) is 77.0. The summed E-state index contributed by atoms with van der Waals surface area (Å²) in [6.07, 6.45) is 68.1. The van der Waals surface area contributed by atoms with Gasteiger partial charge in [-0.05, 0) is 43.4 Å². The second-order valence-electron chi connectivity index (χ2n) is 32.5. The van der Waals surface area contributed by atoms with Crippen molar-refractivity contribution in [1.29, 1.82) is 0 Å². The molecule has 0 aliphatic carbocycles. The molecule has 0 saturated carbocycles. The number of hydrogen-bond acceptors (Lipinski definition) is 15. The predicted octanol–water partition coefficient (Wildman–Crippen LogP) is 26.5. The maximum Gasteiger partial charge on any atom is 0.472 e. The minimum absolute atomic E-state index is 0.107. The zero-order chi connectivity index (χ0) is 77.9. The van der Waals surface area contributed by atoms with E-state index in [1.165, 1.54) is 270 Å². The number of carbonyl (C=O) groups excluding carboxylic acids is 4. The van der Waals surface area contributed by atoms with E-state index in [2.05, 4.69) is 48.5 Å². The Morgan fingerprint density at radius 1 is 0.274 bits per heavy atom. The van der Waals surface area contributed by atoms with Crippen molar-refractivity contribution in [3.63, 3.8) is 0 Å². The largest absolute Gasteiger partial charge is 0.472 e. The van der Waals surface area contributed by atoms with Gasteiger partial charge in [0, 0.05) is 25.7 Å². The van der Waals surface area contributed by atoms with Gasteiger partial charge in [-0.2, -0.15) is 0 Å². The number of aliphatic hydroxyl groups excluding tert-OH is 1. The van der Waals surface area contributed by atoms with Crippen molar-refractivity contribution in [2.24, 2.45) is 17.8 Å². The molecule has 0 bridgehead atoms. The summed E-state index contributed by atoms with van der Waals surface area (Å²) < 4.78 is 68.9. The zero-order valence-electron chi connectivity index (χ0n) is 69.9. The molecular formula is C87H170O17P2. The van der Waals surface area contributed by atoms with Crippen LogP contribution in [0, 0.1) is 17.8 Å². The summed E-state index contributed by atoms with van der Waals surface area (Å²) in [4.78, 5) is 73.2. The second-order valence-corrected chi connectivity index (χ2v) is 35.4. The van der Waals surface area contributed by atoms with Gasteiger partial charge in [0.2, 0.25) is 0 Å². The highest BCUT2D eigenvalue weighted by molar-refractivity contribution is 7.47. The van der Waals surface area contributed by atoms with Gasteiger partial charge in [0.05, 0.1) is 26.4 Å². The molecule has 0 aromatic heterocycles. The minimum atomic E-state index is -4.97. The molecule has 0 aromatic carbocycles. The summed E-state index contributed by atoms with van der Waals surface area (Å²) in [5.74, 6) is 0.317. The standard InChI is InChI=1S/C87H170O17P2/c1-8-10-11-12-13-14-15-34-40-49-56-63-70-86(91)104-83(75-98-85(90)69-62-55-48-43-42-45-52-59-66-79(5)6)77-102-106(95,96)100-73-81(88)72-99-105(93,94)101-76-82(74-97-84(89)68-61-54-47-39-35-30-26-22-18-16-20-24-28-32-37-44-51-58-65-78(3)4)103-87(92)71-64-57-50-41-36-31-27-23-19-17-21-25-29-33-38-46-53-60-67-80(7)9-2/h78-83,88H,8-77H2,1-7H3,(H,93,94)(H,95,96)/t80?,81-,82-,83-/m1/s1. The topological polar surface area (TPSA) is 237 Å². The molecule has 630 valence electrons. The molecule has 0 saturated heterocycles. The fourth-order valence-electron chi connectivity index (χ4n) is 13.5. The minimum Gasteiger partial charge on any atom is -0.462 e. The van der Waals surface area contributed by atoms with Crippen LogP contribution in [0.15, 0.2) is 0 Å². The van der Waals surface area contributed by atoms with Gasteiger partial charge in [-0.1, -0.05) is 408 Å². The number of rotatable bonds is 85. The Hall–Kier alpha value is -1.94. The van der Waals surface area contributed by atoms with Gasteiger partial charge in [0.25, 0.3) is 0 Å². The van der Waals surface area contributed by atoms with Gasteiger partial charge in [-0.3, -0.25) is 37.3 Å². The van der Waals surface area contributed by atoms with Gasteiger partial charge in [0.1, 0.15) is 19.3 Å². The van der Waals surface area contributed by atoms with Crippen LogP contribution in [0.4, 0.5) is 0 Å². The van der Waals surface area contributed by atoms with E-state index in [0.717, 1.165) is 108 Å². The number of phosphoric acid groups is 2. The molecule has 0 amide bonds. The Balaban J connectivity index is 5.21.